The van der Waals surface area contributed by atoms with Crippen molar-refractivity contribution < 1.29 is 5.11 Å². The SMILES string of the molecule is CCCn1cncc1CN1CC[C@H](O)C1. The molecule has 0 spiro atoms. The fourth-order valence-corrected chi connectivity index (χ4v) is 2.11. The van der Waals surface area contributed by atoms with Gasteiger partial charge in [-0.05, 0) is 12.8 Å². The quantitative estimate of drug-likeness (QED) is 0.799. The summed E-state index contributed by atoms with van der Waals surface area (Å²) in [5.41, 5.74) is 1.26. The number of aliphatic hydroxyl groups excluding tert-OH is 1. The molecule has 2 heterocycles. The predicted octanol–water partition coefficient (Wildman–Crippen LogP) is 0.860. The lowest BCUT2D eigenvalue weighted by atomic mass is 10.3. The van der Waals surface area contributed by atoms with E-state index >= 15 is 0 Å². The Morgan fingerprint density at radius 1 is 1.60 bits per heavy atom. The van der Waals surface area contributed by atoms with Gasteiger partial charge in [-0.1, -0.05) is 6.92 Å². The molecule has 1 aromatic rings. The third-order valence-corrected chi connectivity index (χ3v) is 2.90. The molecule has 1 aromatic heterocycles. The second-order valence-electron chi connectivity index (χ2n) is 4.26. The van der Waals surface area contributed by atoms with Gasteiger partial charge in [0.15, 0.2) is 0 Å². The number of hydrogen-bond acceptors (Lipinski definition) is 3. The van der Waals surface area contributed by atoms with Gasteiger partial charge in [-0.3, -0.25) is 4.90 Å². The zero-order valence-electron chi connectivity index (χ0n) is 9.26. The van der Waals surface area contributed by atoms with E-state index in [0.29, 0.717) is 0 Å². The number of likely N-dealkylation sites (tertiary alicyclic amines) is 1. The molecule has 0 aliphatic carbocycles. The summed E-state index contributed by atoms with van der Waals surface area (Å²) in [7, 11) is 0. The van der Waals surface area contributed by atoms with E-state index in [9.17, 15) is 5.11 Å². The Labute approximate surface area is 90.5 Å². The summed E-state index contributed by atoms with van der Waals surface area (Å²) in [6, 6.07) is 0. The minimum atomic E-state index is -0.132. The van der Waals surface area contributed by atoms with Crippen LogP contribution in [0.15, 0.2) is 12.5 Å². The summed E-state index contributed by atoms with van der Waals surface area (Å²) in [5.74, 6) is 0. The summed E-state index contributed by atoms with van der Waals surface area (Å²) < 4.78 is 2.20. The van der Waals surface area contributed by atoms with Gasteiger partial charge in [-0.15, -0.1) is 0 Å². The number of nitrogens with zero attached hydrogens (tertiary/aromatic N) is 3. The summed E-state index contributed by atoms with van der Waals surface area (Å²) in [4.78, 5) is 6.46. The summed E-state index contributed by atoms with van der Waals surface area (Å²) in [6.45, 7) is 5.92. The molecule has 0 unspecified atom stereocenters. The molecule has 1 aliphatic rings. The van der Waals surface area contributed by atoms with Crippen LogP contribution in [0, 0.1) is 0 Å². The van der Waals surface area contributed by atoms with Crippen molar-refractivity contribution in [2.45, 2.75) is 39.0 Å². The van der Waals surface area contributed by atoms with Crippen molar-refractivity contribution in [3.8, 4) is 0 Å². The lowest BCUT2D eigenvalue weighted by Gasteiger charge is -2.15. The minimum Gasteiger partial charge on any atom is -0.392 e. The van der Waals surface area contributed by atoms with E-state index in [4.69, 9.17) is 0 Å². The molecule has 4 heteroatoms. The highest BCUT2D eigenvalue weighted by Crippen LogP contribution is 2.13. The Balaban J connectivity index is 1.95. The van der Waals surface area contributed by atoms with Crippen molar-refractivity contribution >= 4 is 0 Å². The Bertz CT molecular complexity index is 311. The number of imidazole rings is 1. The van der Waals surface area contributed by atoms with Crippen LogP contribution >= 0.6 is 0 Å². The van der Waals surface area contributed by atoms with Crippen molar-refractivity contribution in [3.63, 3.8) is 0 Å². The molecule has 2 rings (SSSR count). The van der Waals surface area contributed by atoms with Gasteiger partial charge in [0.2, 0.25) is 0 Å². The van der Waals surface area contributed by atoms with Crippen LogP contribution in [-0.4, -0.2) is 38.8 Å². The largest absolute Gasteiger partial charge is 0.392 e. The van der Waals surface area contributed by atoms with Crippen LogP contribution in [-0.2, 0) is 13.1 Å². The maximum absolute atomic E-state index is 9.44. The Morgan fingerprint density at radius 2 is 2.47 bits per heavy atom. The first-order valence-electron chi connectivity index (χ1n) is 5.69. The van der Waals surface area contributed by atoms with Gasteiger partial charge in [0.25, 0.3) is 0 Å². The first-order chi connectivity index (χ1) is 7.29. The molecule has 1 saturated heterocycles. The highest BCUT2D eigenvalue weighted by Gasteiger charge is 2.20. The Kier molecular flexibility index (Phi) is 3.38. The molecule has 1 aliphatic heterocycles. The third-order valence-electron chi connectivity index (χ3n) is 2.90. The van der Waals surface area contributed by atoms with Crippen LogP contribution in [0.4, 0.5) is 0 Å². The fraction of sp³-hybridized carbons (Fsp3) is 0.727. The molecule has 15 heavy (non-hydrogen) atoms. The summed E-state index contributed by atoms with van der Waals surface area (Å²) in [6.07, 6.45) is 5.73. The zero-order valence-corrected chi connectivity index (χ0v) is 9.26. The standard InChI is InChI=1S/C11H19N3O/c1-2-4-14-9-12-6-10(14)7-13-5-3-11(15)8-13/h6,9,11,15H,2-5,7-8H2,1H3/t11-/m0/s1. The van der Waals surface area contributed by atoms with Gasteiger partial charge < -0.3 is 9.67 Å². The van der Waals surface area contributed by atoms with Crippen LogP contribution < -0.4 is 0 Å². The Morgan fingerprint density at radius 3 is 3.13 bits per heavy atom. The van der Waals surface area contributed by atoms with E-state index in [1.165, 1.54) is 5.69 Å². The van der Waals surface area contributed by atoms with E-state index in [1.807, 2.05) is 12.5 Å². The molecule has 1 fully saturated rings. The third kappa shape index (κ3) is 2.58. The Hall–Kier alpha value is -0.870. The number of β-amino-alcohol motifs (C(OH)–C–C–N with tert-alkyl or cyclic N) is 1. The molecule has 0 aromatic carbocycles. The van der Waals surface area contributed by atoms with Crippen molar-refractivity contribution in [1.82, 2.24) is 14.5 Å². The lowest BCUT2D eigenvalue weighted by molar-refractivity contribution is 0.174. The predicted molar refractivity (Wildman–Crippen MR) is 58.4 cm³/mol. The van der Waals surface area contributed by atoms with Crippen LogP contribution in [0.3, 0.4) is 0 Å². The molecule has 0 radical (unpaired) electrons. The molecule has 0 saturated carbocycles. The maximum atomic E-state index is 9.44. The van der Waals surface area contributed by atoms with Crippen LogP contribution in [0.1, 0.15) is 25.5 Å². The van der Waals surface area contributed by atoms with Gasteiger partial charge in [-0.2, -0.15) is 0 Å². The van der Waals surface area contributed by atoms with Crippen molar-refractivity contribution in [2.24, 2.45) is 0 Å². The normalized spacial score (nSPS) is 22.4. The van der Waals surface area contributed by atoms with Crippen molar-refractivity contribution in [1.29, 1.82) is 0 Å². The van der Waals surface area contributed by atoms with Crippen molar-refractivity contribution in [2.75, 3.05) is 13.1 Å². The first kappa shape index (κ1) is 10.6. The minimum absolute atomic E-state index is 0.132. The van der Waals surface area contributed by atoms with Gasteiger partial charge in [0, 0.05) is 32.4 Å². The van der Waals surface area contributed by atoms with Crippen LogP contribution in [0.5, 0.6) is 0 Å². The maximum Gasteiger partial charge on any atom is 0.0948 e. The summed E-state index contributed by atoms with van der Waals surface area (Å²) >= 11 is 0. The molecular formula is C11H19N3O. The van der Waals surface area contributed by atoms with E-state index in [-0.39, 0.29) is 6.10 Å². The van der Waals surface area contributed by atoms with Gasteiger partial charge in [0.05, 0.1) is 18.1 Å². The molecule has 1 N–H and O–H groups in total. The number of aryl methyl sites for hydroxylation is 1. The second kappa shape index (κ2) is 4.77. The molecule has 1 atom stereocenters. The van der Waals surface area contributed by atoms with E-state index in [2.05, 4.69) is 21.4 Å². The first-order valence-corrected chi connectivity index (χ1v) is 5.69. The molecule has 84 valence electrons. The highest BCUT2D eigenvalue weighted by atomic mass is 16.3. The number of rotatable bonds is 4. The van der Waals surface area contributed by atoms with Crippen LogP contribution in [0.2, 0.25) is 0 Å². The number of aliphatic hydroxyl groups is 1. The fourth-order valence-electron chi connectivity index (χ4n) is 2.11. The second-order valence-corrected chi connectivity index (χ2v) is 4.26. The van der Waals surface area contributed by atoms with Gasteiger partial charge >= 0.3 is 0 Å². The smallest absolute Gasteiger partial charge is 0.0948 e. The zero-order chi connectivity index (χ0) is 10.7. The van der Waals surface area contributed by atoms with E-state index in [0.717, 1.165) is 39.0 Å². The molecular weight excluding hydrogens is 190 g/mol. The molecule has 4 nitrogen and oxygen atoms in total. The highest BCUT2D eigenvalue weighted by molar-refractivity contribution is 4.99. The molecule has 0 amide bonds. The van der Waals surface area contributed by atoms with Crippen LogP contribution in [0.25, 0.3) is 0 Å². The monoisotopic (exact) mass is 209 g/mol. The van der Waals surface area contributed by atoms with Crippen molar-refractivity contribution in [3.05, 3.63) is 18.2 Å². The molecule has 0 bridgehead atoms. The van der Waals surface area contributed by atoms with Gasteiger partial charge in [-0.25, -0.2) is 4.98 Å². The summed E-state index contributed by atoms with van der Waals surface area (Å²) in [5, 5.41) is 9.44. The number of hydrogen-bond donors (Lipinski definition) is 1. The average molecular weight is 209 g/mol. The van der Waals surface area contributed by atoms with E-state index < -0.39 is 0 Å². The van der Waals surface area contributed by atoms with E-state index in [1.54, 1.807) is 0 Å². The van der Waals surface area contributed by atoms with Gasteiger partial charge in [0.1, 0.15) is 0 Å². The lowest BCUT2D eigenvalue weighted by Crippen LogP contribution is -2.23. The number of aromatic nitrogens is 2. The average Bonchev–Trinajstić information content (AvgIpc) is 2.78. The topological polar surface area (TPSA) is 41.3 Å².